The molecule has 2 saturated heterocycles. The van der Waals surface area contributed by atoms with Gasteiger partial charge in [-0.25, -0.2) is 0 Å². The van der Waals surface area contributed by atoms with Gasteiger partial charge in [0.15, 0.2) is 11.5 Å². The van der Waals surface area contributed by atoms with Crippen LogP contribution < -0.4 is 14.8 Å². The molecule has 0 spiro atoms. The highest BCUT2D eigenvalue weighted by molar-refractivity contribution is 5.95. The summed E-state index contributed by atoms with van der Waals surface area (Å²) in [4.78, 5) is 30.1. The number of carbonyl (C=O) groups excluding carboxylic acids is 2. The van der Waals surface area contributed by atoms with Crippen molar-refractivity contribution in [3.05, 3.63) is 59.7 Å². The Kier molecular flexibility index (Phi) is 7.20. The number of nitrogens with one attached hydrogen (secondary N) is 1. The fourth-order valence-corrected chi connectivity index (χ4v) is 5.17. The Morgan fingerprint density at radius 2 is 1.74 bits per heavy atom. The molecule has 2 unspecified atom stereocenters. The summed E-state index contributed by atoms with van der Waals surface area (Å²) < 4.78 is 11.3. The highest BCUT2D eigenvalue weighted by Gasteiger charge is 2.34. The van der Waals surface area contributed by atoms with E-state index in [0.717, 1.165) is 25.9 Å². The zero-order valence-electron chi connectivity index (χ0n) is 19.9. The number of hydrogen-bond donors (Lipinski definition) is 2. The number of hydrogen-bond acceptors (Lipinski definition) is 6. The van der Waals surface area contributed by atoms with Gasteiger partial charge in [0.1, 0.15) is 19.3 Å². The lowest BCUT2D eigenvalue weighted by molar-refractivity contribution is -0.126. The predicted octanol–water partition coefficient (Wildman–Crippen LogP) is 2.23. The van der Waals surface area contributed by atoms with Crippen molar-refractivity contribution in [2.24, 2.45) is 5.92 Å². The smallest absolute Gasteiger partial charge is 0.253 e. The molecule has 2 aromatic rings. The number of benzene rings is 2. The zero-order chi connectivity index (χ0) is 24.2. The number of fused-ring (bicyclic) bond motifs is 1. The van der Waals surface area contributed by atoms with Gasteiger partial charge in [0.05, 0.1) is 12.0 Å². The Hall–Kier alpha value is -3.10. The van der Waals surface area contributed by atoms with E-state index in [-0.39, 0.29) is 17.7 Å². The largest absolute Gasteiger partial charge is 0.486 e. The highest BCUT2D eigenvalue weighted by atomic mass is 16.6. The van der Waals surface area contributed by atoms with E-state index >= 15 is 0 Å². The Labute approximate surface area is 205 Å². The van der Waals surface area contributed by atoms with Crippen molar-refractivity contribution in [3.63, 3.8) is 0 Å². The topological polar surface area (TPSA) is 91.3 Å². The van der Waals surface area contributed by atoms with Gasteiger partial charge < -0.3 is 29.7 Å². The Morgan fingerprint density at radius 1 is 1.00 bits per heavy atom. The van der Waals surface area contributed by atoms with Gasteiger partial charge in [0.25, 0.3) is 5.91 Å². The molecular formula is C27H33N3O5. The van der Waals surface area contributed by atoms with E-state index in [4.69, 9.17) is 9.47 Å². The minimum Gasteiger partial charge on any atom is -0.486 e. The molecular weight excluding hydrogens is 446 g/mol. The maximum absolute atomic E-state index is 13.3. The van der Waals surface area contributed by atoms with Gasteiger partial charge in [-0.2, -0.15) is 0 Å². The quantitative estimate of drug-likeness (QED) is 0.633. The third-order valence-electron chi connectivity index (χ3n) is 7.14. The van der Waals surface area contributed by atoms with Crippen LogP contribution in [-0.2, 0) is 4.79 Å². The number of nitrogens with zero attached hydrogens (tertiary/aromatic N) is 2. The fraction of sp³-hybridized carbons (Fsp3) is 0.481. The summed E-state index contributed by atoms with van der Waals surface area (Å²) >= 11 is 0. The maximum atomic E-state index is 13.3. The predicted molar refractivity (Wildman–Crippen MR) is 130 cm³/mol. The molecule has 3 aliphatic rings. The molecule has 0 bridgehead atoms. The number of carbonyl (C=O) groups is 2. The van der Waals surface area contributed by atoms with Crippen LogP contribution in [0.2, 0.25) is 0 Å². The van der Waals surface area contributed by atoms with Gasteiger partial charge in [0.2, 0.25) is 5.91 Å². The van der Waals surface area contributed by atoms with E-state index in [0.29, 0.717) is 61.9 Å². The van der Waals surface area contributed by atoms with E-state index in [1.54, 1.807) is 23.1 Å². The monoisotopic (exact) mass is 479 g/mol. The van der Waals surface area contributed by atoms with Crippen LogP contribution in [0.15, 0.2) is 48.5 Å². The van der Waals surface area contributed by atoms with E-state index < -0.39 is 12.1 Å². The molecule has 3 aliphatic heterocycles. The third-order valence-corrected chi connectivity index (χ3v) is 7.14. The first-order valence-corrected chi connectivity index (χ1v) is 12.5. The number of amides is 2. The zero-order valence-corrected chi connectivity index (χ0v) is 19.9. The first-order valence-electron chi connectivity index (χ1n) is 12.5. The second kappa shape index (κ2) is 10.7. The Balaban J connectivity index is 1.27. The number of aliphatic hydroxyl groups is 1. The molecule has 0 radical (unpaired) electrons. The van der Waals surface area contributed by atoms with E-state index in [9.17, 15) is 14.7 Å². The van der Waals surface area contributed by atoms with E-state index in [2.05, 4.69) is 10.2 Å². The Morgan fingerprint density at radius 3 is 2.51 bits per heavy atom. The second-order valence-corrected chi connectivity index (χ2v) is 9.57. The first kappa shape index (κ1) is 23.6. The molecule has 8 heteroatoms. The lowest BCUT2D eigenvalue weighted by Crippen LogP contribution is -2.49. The molecule has 0 aromatic heterocycles. The van der Waals surface area contributed by atoms with Crippen LogP contribution in [0.3, 0.4) is 0 Å². The lowest BCUT2D eigenvalue weighted by Gasteiger charge is -2.30. The average Bonchev–Trinajstić information content (AvgIpc) is 3.60. The van der Waals surface area contributed by atoms with Gasteiger partial charge in [-0.05, 0) is 62.2 Å². The number of likely N-dealkylation sites (tertiary alicyclic amines) is 2. The maximum Gasteiger partial charge on any atom is 0.253 e. The minimum absolute atomic E-state index is 0.0502. The molecule has 3 atom stereocenters. The molecule has 8 nitrogen and oxygen atoms in total. The summed E-state index contributed by atoms with van der Waals surface area (Å²) in [6.45, 7) is 4.41. The molecule has 5 rings (SSSR count). The van der Waals surface area contributed by atoms with Crippen LogP contribution in [-0.4, -0.2) is 78.7 Å². The summed E-state index contributed by atoms with van der Waals surface area (Å²) in [6, 6.07) is 14.1. The second-order valence-electron chi connectivity index (χ2n) is 9.57. The van der Waals surface area contributed by atoms with Crippen LogP contribution in [0, 0.1) is 5.92 Å². The summed E-state index contributed by atoms with van der Waals surface area (Å²) in [5, 5.41) is 14.4. The van der Waals surface area contributed by atoms with Gasteiger partial charge >= 0.3 is 0 Å². The fourth-order valence-electron chi connectivity index (χ4n) is 5.17. The first-order chi connectivity index (χ1) is 17.1. The summed E-state index contributed by atoms with van der Waals surface area (Å²) in [5.74, 6) is 0.822. The van der Waals surface area contributed by atoms with Crippen molar-refractivity contribution in [1.82, 2.24) is 15.1 Å². The van der Waals surface area contributed by atoms with Gasteiger partial charge in [-0.1, -0.05) is 24.3 Å². The van der Waals surface area contributed by atoms with Crippen LogP contribution in [0.4, 0.5) is 0 Å². The molecule has 2 N–H and O–H groups in total. The number of ether oxygens (including phenoxy) is 2. The van der Waals surface area contributed by atoms with Gasteiger partial charge in [-0.15, -0.1) is 0 Å². The van der Waals surface area contributed by atoms with Crippen molar-refractivity contribution in [1.29, 1.82) is 0 Å². The molecule has 2 amide bonds. The van der Waals surface area contributed by atoms with E-state index in [1.165, 1.54) is 0 Å². The van der Waals surface area contributed by atoms with Crippen molar-refractivity contribution in [2.75, 3.05) is 45.9 Å². The number of aliphatic hydroxyl groups excluding tert-OH is 1. The SMILES string of the molecule is O=C(NC(CN1CCCC1)C(O)c1ccc2c(c1)OCCO2)[C@@H]1CCN(C(=O)c2ccccc2)C1. The molecule has 0 saturated carbocycles. The van der Waals surface area contributed by atoms with Crippen molar-refractivity contribution in [3.8, 4) is 11.5 Å². The summed E-state index contributed by atoms with van der Waals surface area (Å²) in [5.41, 5.74) is 1.32. The van der Waals surface area contributed by atoms with Crippen molar-refractivity contribution < 1.29 is 24.2 Å². The van der Waals surface area contributed by atoms with Crippen LogP contribution >= 0.6 is 0 Å². The molecule has 3 heterocycles. The van der Waals surface area contributed by atoms with Crippen LogP contribution in [0.5, 0.6) is 11.5 Å². The third kappa shape index (κ3) is 5.44. The van der Waals surface area contributed by atoms with E-state index in [1.807, 2.05) is 30.3 Å². The van der Waals surface area contributed by atoms with Crippen molar-refractivity contribution in [2.45, 2.75) is 31.4 Å². The van der Waals surface area contributed by atoms with Crippen LogP contribution in [0.1, 0.15) is 41.3 Å². The van der Waals surface area contributed by atoms with Crippen LogP contribution in [0.25, 0.3) is 0 Å². The lowest BCUT2D eigenvalue weighted by atomic mass is 9.99. The standard InChI is InChI=1S/C27H33N3O5/c31-25(20-8-9-23-24(16-20)35-15-14-34-23)22(18-29-11-4-5-12-29)28-26(32)21-10-13-30(17-21)27(33)19-6-2-1-3-7-19/h1-3,6-9,16,21-22,25,31H,4-5,10-15,17-18H2,(H,28,32)/t21-,22?,25?/m1/s1. The molecule has 186 valence electrons. The minimum atomic E-state index is -0.890. The molecule has 35 heavy (non-hydrogen) atoms. The number of rotatable bonds is 7. The highest BCUT2D eigenvalue weighted by Crippen LogP contribution is 2.33. The molecule has 0 aliphatic carbocycles. The van der Waals surface area contributed by atoms with Crippen molar-refractivity contribution >= 4 is 11.8 Å². The molecule has 2 fully saturated rings. The average molecular weight is 480 g/mol. The van der Waals surface area contributed by atoms with Gasteiger partial charge in [0, 0.05) is 25.2 Å². The summed E-state index contributed by atoms with van der Waals surface area (Å²) in [7, 11) is 0. The molecule has 2 aromatic carbocycles. The van der Waals surface area contributed by atoms with Gasteiger partial charge in [-0.3, -0.25) is 9.59 Å². The normalized spacial score (nSPS) is 21.5. The Bertz CT molecular complexity index is 1040. The summed E-state index contributed by atoms with van der Waals surface area (Å²) in [6.07, 6.45) is 1.97.